The molecular formula is C13H18N6O. The Hall–Kier alpha value is -2.28. The normalized spacial score (nSPS) is 10.5. The second-order valence-electron chi connectivity index (χ2n) is 4.55. The van der Waals surface area contributed by atoms with E-state index in [0.717, 1.165) is 29.8 Å². The summed E-state index contributed by atoms with van der Waals surface area (Å²) >= 11 is 0. The van der Waals surface area contributed by atoms with Gasteiger partial charge in [-0.1, -0.05) is 6.07 Å². The first-order valence-electron chi connectivity index (χ1n) is 6.54. The first-order chi connectivity index (χ1) is 9.70. The molecule has 1 aromatic carbocycles. The van der Waals surface area contributed by atoms with Gasteiger partial charge in [-0.05, 0) is 54.4 Å². The van der Waals surface area contributed by atoms with Crippen LogP contribution in [0.1, 0.15) is 24.8 Å². The molecule has 2 rings (SSSR count). The average Bonchev–Trinajstić information content (AvgIpc) is 2.95. The Morgan fingerprint density at radius 1 is 1.40 bits per heavy atom. The van der Waals surface area contributed by atoms with Gasteiger partial charge in [0.1, 0.15) is 6.33 Å². The predicted octanol–water partition coefficient (Wildman–Crippen LogP) is 1.04. The standard InChI is InChI=1S/C13H18N6O/c1-10-5-6-11(16-13(20)4-2-3-7-14)8-12(10)19-9-15-17-18-19/h5-6,8-9H,2-4,7,14H2,1H3,(H,16,20). The molecule has 7 heteroatoms. The van der Waals surface area contributed by atoms with Gasteiger partial charge in [0.2, 0.25) is 5.91 Å². The minimum absolute atomic E-state index is 0.00929. The van der Waals surface area contributed by atoms with E-state index in [4.69, 9.17) is 5.73 Å². The van der Waals surface area contributed by atoms with Crippen LogP contribution < -0.4 is 11.1 Å². The lowest BCUT2D eigenvalue weighted by molar-refractivity contribution is -0.116. The monoisotopic (exact) mass is 274 g/mol. The van der Waals surface area contributed by atoms with Crippen molar-refractivity contribution in [1.82, 2.24) is 20.2 Å². The SMILES string of the molecule is Cc1ccc(NC(=O)CCCCN)cc1-n1cnnn1. The molecule has 0 saturated heterocycles. The summed E-state index contributed by atoms with van der Waals surface area (Å²) in [5.41, 5.74) is 8.01. The lowest BCUT2D eigenvalue weighted by atomic mass is 10.1. The summed E-state index contributed by atoms with van der Waals surface area (Å²) in [4.78, 5) is 11.8. The minimum Gasteiger partial charge on any atom is -0.330 e. The number of hydrogen-bond donors (Lipinski definition) is 2. The van der Waals surface area contributed by atoms with E-state index >= 15 is 0 Å². The van der Waals surface area contributed by atoms with Gasteiger partial charge >= 0.3 is 0 Å². The van der Waals surface area contributed by atoms with Crippen LogP contribution in [0.15, 0.2) is 24.5 Å². The molecule has 7 nitrogen and oxygen atoms in total. The van der Waals surface area contributed by atoms with Crippen molar-refractivity contribution >= 4 is 11.6 Å². The summed E-state index contributed by atoms with van der Waals surface area (Å²) in [6, 6.07) is 5.64. The smallest absolute Gasteiger partial charge is 0.224 e. The number of unbranched alkanes of at least 4 members (excludes halogenated alkanes) is 1. The second kappa shape index (κ2) is 6.76. The molecule has 2 aromatic rings. The molecule has 1 aromatic heterocycles. The quantitative estimate of drug-likeness (QED) is 0.767. The molecule has 1 amide bonds. The highest BCUT2D eigenvalue weighted by Crippen LogP contribution is 2.18. The van der Waals surface area contributed by atoms with E-state index in [1.165, 1.54) is 6.33 Å². The van der Waals surface area contributed by atoms with Crippen molar-refractivity contribution in [3.05, 3.63) is 30.1 Å². The number of nitrogens with two attached hydrogens (primary N) is 1. The Labute approximate surface area is 117 Å². The van der Waals surface area contributed by atoms with E-state index in [1.54, 1.807) is 4.68 Å². The minimum atomic E-state index is -0.00929. The van der Waals surface area contributed by atoms with Gasteiger partial charge in [0.25, 0.3) is 0 Å². The maximum Gasteiger partial charge on any atom is 0.224 e. The summed E-state index contributed by atoms with van der Waals surface area (Å²) < 4.78 is 1.57. The Balaban J connectivity index is 2.06. The van der Waals surface area contributed by atoms with Crippen LogP contribution in [0, 0.1) is 6.92 Å². The molecule has 20 heavy (non-hydrogen) atoms. The third kappa shape index (κ3) is 3.61. The summed E-state index contributed by atoms with van der Waals surface area (Å²) in [6.07, 6.45) is 3.66. The molecule has 0 aliphatic heterocycles. The van der Waals surface area contributed by atoms with Crippen LogP contribution in [-0.4, -0.2) is 32.7 Å². The molecule has 0 bridgehead atoms. The van der Waals surface area contributed by atoms with Crippen molar-refractivity contribution in [3.8, 4) is 5.69 Å². The van der Waals surface area contributed by atoms with Gasteiger partial charge in [-0.2, -0.15) is 0 Å². The molecule has 0 saturated carbocycles. The molecule has 0 atom stereocenters. The van der Waals surface area contributed by atoms with Crippen LogP contribution in [0.3, 0.4) is 0 Å². The van der Waals surface area contributed by atoms with Crippen LogP contribution >= 0.6 is 0 Å². The number of tetrazole rings is 1. The fraction of sp³-hybridized carbons (Fsp3) is 0.385. The van der Waals surface area contributed by atoms with Crippen LogP contribution in [-0.2, 0) is 4.79 Å². The summed E-state index contributed by atoms with van der Waals surface area (Å²) in [5, 5.41) is 14.0. The first kappa shape index (κ1) is 14.1. The van der Waals surface area contributed by atoms with E-state index in [9.17, 15) is 4.79 Å². The van der Waals surface area contributed by atoms with Gasteiger partial charge in [-0.3, -0.25) is 4.79 Å². The number of aromatic nitrogens is 4. The van der Waals surface area contributed by atoms with Gasteiger partial charge in [0.15, 0.2) is 0 Å². The molecule has 0 unspecified atom stereocenters. The number of hydrogen-bond acceptors (Lipinski definition) is 5. The number of nitrogens with one attached hydrogen (secondary N) is 1. The molecule has 106 valence electrons. The Bertz CT molecular complexity index is 566. The van der Waals surface area contributed by atoms with Crippen molar-refractivity contribution < 1.29 is 4.79 Å². The molecule has 3 N–H and O–H groups in total. The number of aryl methyl sites for hydroxylation is 1. The molecule has 0 fully saturated rings. The number of rotatable bonds is 6. The maximum absolute atomic E-state index is 11.8. The van der Waals surface area contributed by atoms with Gasteiger partial charge in [0, 0.05) is 12.1 Å². The Morgan fingerprint density at radius 2 is 2.25 bits per heavy atom. The van der Waals surface area contributed by atoms with Gasteiger partial charge in [-0.15, -0.1) is 5.10 Å². The Kier molecular flexibility index (Phi) is 4.78. The van der Waals surface area contributed by atoms with Gasteiger partial charge in [-0.25, -0.2) is 4.68 Å². The highest BCUT2D eigenvalue weighted by Gasteiger charge is 2.07. The summed E-state index contributed by atoms with van der Waals surface area (Å²) in [7, 11) is 0. The average molecular weight is 274 g/mol. The lowest BCUT2D eigenvalue weighted by Gasteiger charge is -2.09. The fourth-order valence-corrected chi connectivity index (χ4v) is 1.86. The molecular weight excluding hydrogens is 256 g/mol. The Morgan fingerprint density at radius 3 is 2.95 bits per heavy atom. The van der Waals surface area contributed by atoms with E-state index in [-0.39, 0.29) is 5.91 Å². The molecule has 1 heterocycles. The van der Waals surface area contributed by atoms with Crippen molar-refractivity contribution in [1.29, 1.82) is 0 Å². The number of carbonyl (C=O) groups excluding carboxylic acids is 1. The highest BCUT2D eigenvalue weighted by molar-refractivity contribution is 5.91. The van der Waals surface area contributed by atoms with Crippen molar-refractivity contribution in [2.24, 2.45) is 5.73 Å². The zero-order valence-corrected chi connectivity index (χ0v) is 11.4. The highest BCUT2D eigenvalue weighted by atomic mass is 16.1. The van der Waals surface area contributed by atoms with Gasteiger partial charge < -0.3 is 11.1 Å². The van der Waals surface area contributed by atoms with E-state index in [1.807, 2.05) is 25.1 Å². The van der Waals surface area contributed by atoms with Crippen LogP contribution in [0.2, 0.25) is 0 Å². The van der Waals surface area contributed by atoms with Crippen LogP contribution in [0.25, 0.3) is 5.69 Å². The van der Waals surface area contributed by atoms with Crippen LogP contribution in [0.5, 0.6) is 0 Å². The molecule has 0 radical (unpaired) electrons. The third-order valence-electron chi connectivity index (χ3n) is 2.95. The predicted molar refractivity (Wildman–Crippen MR) is 75.4 cm³/mol. The lowest BCUT2D eigenvalue weighted by Crippen LogP contribution is -2.12. The van der Waals surface area contributed by atoms with E-state index in [0.29, 0.717) is 13.0 Å². The number of carbonyl (C=O) groups is 1. The molecule has 0 aliphatic rings. The largest absolute Gasteiger partial charge is 0.330 e. The van der Waals surface area contributed by atoms with E-state index in [2.05, 4.69) is 20.8 Å². The molecule has 0 aliphatic carbocycles. The topological polar surface area (TPSA) is 98.7 Å². The molecule has 0 spiro atoms. The fourth-order valence-electron chi connectivity index (χ4n) is 1.86. The number of anilines is 1. The number of benzene rings is 1. The van der Waals surface area contributed by atoms with Crippen molar-refractivity contribution in [2.75, 3.05) is 11.9 Å². The zero-order chi connectivity index (χ0) is 14.4. The summed E-state index contributed by atoms with van der Waals surface area (Å²) in [5.74, 6) is -0.00929. The number of amides is 1. The summed E-state index contributed by atoms with van der Waals surface area (Å²) in [6.45, 7) is 2.57. The van der Waals surface area contributed by atoms with Crippen LogP contribution in [0.4, 0.5) is 5.69 Å². The van der Waals surface area contributed by atoms with E-state index < -0.39 is 0 Å². The van der Waals surface area contributed by atoms with Crippen molar-refractivity contribution in [2.45, 2.75) is 26.2 Å². The first-order valence-corrected chi connectivity index (χ1v) is 6.54. The number of nitrogens with zero attached hydrogens (tertiary/aromatic N) is 4. The zero-order valence-electron chi connectivity index (χ0n) is 11.4. The maximum atomic E-state index is 11.8. The second-order valence-corrected chi connectivity index (χ2v) is 4.55. The van der Waals surface area contributed by atoms with Gasteiger partial charge in [0.05, 0.1) is 5.69 Å². The van der Waals surface area contributed by atoms with Crippen molar-refractivity contribution in [3.63, 3.8) is 0 Å². The third-order valence-corrected chi connectivity index (χ3v) is 2.95.